The van der Waals surface area contributed by atoms with Crippen molar-refractivity contribution in [1.29, 1.82) is 0 Å². The number of nitrogens with two attached hydrogens (primary N) is 1. The molecule has 3 nitrogen and oxygen atoms in total. The summed E-state index contributed by atoms with van der Waals surface area (Å²) in [5, 5.41) is 2.33. The van der Waals surface area contributed by atoms with Gasteiger partial charge in [0.1, 0.15) is 11.6 Å². The van der Waals surface area contributed by atoms with Crippen LogP contribution in [0.1, 0.15) is 6.92 Å². The van der Waals surface area contributed by atoms with E-state index in [2.05, 4.69) is 5.32 Å². The van der Waals surface area contributed by atoms with Crippen molar-refractivity contribution >= 4 is 24.0 Å². The van der Waals surface area contributed by atoms with E-state index in [1.165, 1.54) is 6.07 Å². The van der Waals surface area contributed by atoms with Crippen molar-refractivity contribution in [2.24, 2.45) is 11.7 Å². The number of hydrogen-bond donors (Lipinski definition) is 2. The fourth-order valence-corrected chi connectivity index (χ4v) is 0.954. The van der Waals surface area contributed by atoms with Gasteiger partial charge in [0.05, 0.1) is 5.69 Å². The molecule has 0 saturated heterocycles. The number of benzene rings is 1. The molecule has 90 valence electrons. The average molecular weight is 251 g/mol. The Balaban J connectivity index is 0.00000225. The number of carbonyl (C=O) groups is 1. The third-order valence-corrected chi connectivity index (χ3v) is 1.99. The van der Waals surface area contributed by atoms with Gasteiger partial charge in [-0.05, 0) is 12.1 Å². The maximum Gasteiger partial charge on any atom is 0.228 e. The van der Waals surface area contributed by atoms with Crippen LogP contribution in [0.15, 0.2) is 18.2 Å². The number of rotatable bonds is 3. The van der Waals surface area contributed by atoms with Crippen LogP contribution in [0, 0.1) is 17.6 Å². The molecule has 0 aliphatic rings. The molecule has 1 aromatic carbocycles. The Bertz CT molecular complexity index is 374. The van der Waals surface area contributed by atoms with Crippen molar-refractivity contribution < 1.29 is 13.6 Å². The summed E-state index contributed by atoms with van der Waals surface area (Å²) in [6, 6.07) is 2.96. The first kappa shape index (κ1) is 14.8. The third kappa shape index (κ3) is 3.75. The van der Waals surface area contributed by atoms with E-state index in [9.17, 15) is 13.6 Å². The van der Waals surface area contributed by atoms with Crippen LogP contribution in [0.4, 0.5) is 14.5 Å². The maximum absolute atomic E-state index is 13.1. The van der Waals surface area contributed by atoms with Gasteiger partial charge in [0.15, 0.2) is 0 Å². The summed E-state index contributed by atoms with van der Waals surface area (Å²) in [4.78, 5) is 11.3. The standard InChI is InChI=1S/C10H12F2N2O.ClH/c1-6(5-13)10(15)14-9-3-2-7(11)4-8(9)12;/h2-4,6H,5,13H2,1H3,(H,14,15);1H. The molecular formula is C10H13ClF2N2O. The number of anilines is 1. The normalized spacial score (nSPS) is 11.5. The Morgan fingerprint density at radius 2 is 2.12 bits per heavy atom. The summed E-state index contributed by atoms with van der Waals surface area (Å²) in [6.07, 6.45) is 0. The molecule has 16 heavy (non-hydrogen) atoms. The zero-order valence-corrected chi connectivity index (χ0v) is 9.48. The molecule has 0 radical (unpaired) electrons. The first-order valence-corrected chi connectivity index (χ1v) is 4.50. The lowest BCUT2D eigenvalue weighted by molar-refractivity contribution is -0.119. The molecule has 1 unspecified atom stereocenters. The summed E-state index contributed by atoms with van der Waals surface area (Å²) in [6.45, 7) is 1.80. The Kier molecular flexibility index (Phi) is 5.92. The van der Waals surface area contributed by atoms with Crippen LogP contribution in [0.2, 0.25) is 0 Å². The maximum atomic E-state index is 13.1. The largest absolute Gasteiger partial charge is 0.330 e. The molecule has 0 saturated carbocycles. The van der Waals surface area contributed by atoms with Crippen LogP contribution >= 0.6 is 12.4 Å². The highest BCUT2D eigenvalue weighted by molar-refractivity contribution is 5.92. The van der Waals surface area contributed by atoms with E-state index in [-0.39, 0.29) is 30.5 Å². The van der Waals surface area contributed by atoms with Crippen LogP contribution < -0.4 is 11.1 Å². The van der Waals surface area contributed by atoms with Gasteiger partial charge >= 0.3 is 0 Å². The number of nitrogens with one attached hydrogen (secondary N) is 1. The van der Waals surface area contributed by atoms with Gasteiger partial charge < -0.3 is 11.1 Å². The zero-order valence-electron chi connectivity index (χ0n) is 8.67. The highest BCUT2D eigenvalue weighted by Gasteiger charge is 2.13. The lowest BCUT2D eigenvalue weighted by atomic mass is 10.1. The smallest absolute Gasteiger partial charge is 0.228 e. The van der Waals surface area contributed by atoms with Crippen molar-refractivity contribution in [3.05, 3.63) is 29.8 Å². The van der Waals surface area contributed by atoms with E-state index in [1.807, 2.05) is 0 Å². The van der Waals surface area contributed by atoms with Crippen molar-refractivity contribution in [3.8, 4) is 0 Å². The van der Waals surface area contributed by atoms with E-state index in [0.29, 0.717) is 6.07 Å². The van der Waals surface area contributed by atoms with Gasteiger partial charge in [0.25, 0.3) is 0 Å². The van der Waals surface area contributed by atoms with Crippen molar-refractivity contribution in [2.75, 3.05) is 11.9 Å². The number of amides is 1. The van der Waals surface area contributed by atoms with Gasteiger partial charge in [-0.2, -0.15) is 0 Å². The number of hydrogen-bond acceptors (Lipinski definition) is 2. The Morgan fingerprint density at radius 3 is 2.62 bits per heavy atom. The third-order valence-electron chi connectivity index (χ3n) is 1.99. The minimum absolute atomic E-state index is 0. The first-order valence-electron chi connectivity index (χ1n) is 4.50. The van der Waals surface area contributed by atoms with E-state index < -0.39 is 17.6 Å². The molecule has 0 aliphatic carbocycles. The highest BCUT2D eigenvalue weighted by Crippen LogP contribution is 2.15. The average Bonchev–Trinajstić information content (AvgIpc) is 2.20. The van der Waals surface area contributed by atoms with Gasteiger partial charge in [-0.25, -0.2) is 8.78 Å². The van der Waals surface area contributed by atoms with Crippen LogP contribution in [0.3, 0.4) is 0 Å². The van der Waals surface area contributed by atoms with Crippen molar-refractivity contribution in [2.45, 2.75) is 6.92 Å². The Labute approximate surface area is 98.4 Å². The van der Waals surface area contributed by atoms with Crippen LogP contribution in [-0.2, 0) is 4.79 Å². The van der Waals surface area contributed by atoms with Gasteiger partial charge in [-0.3, -0.25) is 4.79 Å². The minimum Gasteiger partial charge on any atom is -0.330 e. The summed E-state index contributed by atoms with van der Waals surface area (Å²) >= 11 is 0. The van der Waals surface area contributed by atoms with E-state index in [0.717, 1.165) is 6.07 Å². The Hall–Kier alpha value is -1.20. The van der Waals surface area contributed by atoms with Gasteiger partial charge in [0.2, 0.25) is 5.91 Å². The first-order chi connectivity index (χ1) is 7.04. The Morgan fingerprint density at radius 1 is 1.50 bits per heavy atom. The van der Waals surface area contributed by atoms with Crippen molar-refractivity contribution in [1.82, 2.24) is 0 Å². The molecular weight excluding hydrogens is 238 g/mol. The summed E-state index contributed by atoms with van der Waals surface area (Å²) in [5.41, 5.74) is 5.23. The molecule has 6 heteroatoms. The monoisotopic (exact) mass is 250 g/mol. The lowest BCUT2D eigenvalue weighted by Crippen LogP contribution is -2.27. The molecule has 1 amide bonds. The predicted molar refractivity (Wildman–Crippen MR) is 60.5 cm³/mol. The minimum atomic E-state index is -0.799. The molecule has 0 aliphatic heterocycles. The van der Waals surface area contributed by atoms with Crippen LogP contribution in [0.5, 0.6) is 0 Å². The summed E-state index contributed by atoms with van der Waals surface area (Å²) in [7, 11) is 0. The van der Waals surface area contributed by atoms with E-state index in [1.54, 1.807) is 6.92 Å². The van der Waals surface area contributed by atoms with E-state index in [4.69, 9.17) is 5.73 Å². The van der Waals surface area contributed by atoms with Gasteiger partial charge in [-0.15, -0.1) is 12.4 Å². The molecule has 0 aromatic heterocycles. The number of halogens is 3. The van der Waals surface area contributed by atoms with E-state index >= 15 is 0 Å². The predicted octanol–water partition coefficient (Wildman–Crippen LogP) is 1.92. The molecule has 0 bridgehead atoms. The summed E-state index contributed by atoms with van der Waals surface area (Å²) in [5.74, 6) is -2.28. The second-order valence-electron chi connectivity index (χ2n) is 3.25. The van der Waals surface area contributed by atoms with Crippen molar-refractivity contribution in [3.63, 3.8) is 0 Å². The molecule has 1 atom stereocenters. The fourth-order valence-electron chi connectivity index (χ4n) is 0.954. The highest BCUT2D eigenvalue weighted by atomic mass is 35.5. The molecule has 3 N–H and O–H groups in total. The van der Waals surface area contributed by atoms with Gasteiger partial charge in [-0.1, -0.05) is 6.92 Å². The molecule has 0 spiro atoms. The lowest BCUT2D eigenvalue weighted by Gasteiger charge is -2.10. The molecule has 1 aromatic rings. The SMILES string of the molecule is CC(CN)C(=O)Nc1ccc(F)cc1F.Cl. The van der Waals surface area contributed by atoms with Crippen LogP contribution in [0.25, 0.3) is 0 Å². The number of carbonyl (C=O) groups excluding carboxylic acids is 1. The second-order valence-corrected chi connectivity index (χ2v) is 3.25. The van der Waals surface area contributed by atoms with Crippen LogP contribution in [-0.4, -0.2) is 12.5 Å². The molecule has 0 heterocycles. The topological polar surface area (TPSA) is 55.1 Å². The van der Waals surface area contributed by atoms with Gasteiger partial charge in [0, 0.05) is 18.5 Å². The second kappa shape index (κ2) is 6.40. The fraction of sp³-hybridized carbons (Fsp3) is 0.300. The molecule has 0 fully saturated rings. The summed E-state index contributed by atoms with van der Waals surface area (Å²) < 4.78 is 25.6. The quantitative estimate of drug-likeness (QED) is 0.861. The molecule has 1 rings (SSSR count). The zero-order chi connectivity index (χ0) is 11.4.